The number of carbonyl (C=O) groups excluding carboxylic acids is 1. The van der Waals surface area contributed by atoms with Crippen molar-refractivity contribution in [2.45, 2.75) is 45.3 Å². The van der Waals surface area contributed by atoms with Crippen molar-refractivity contribution < 1.29 is 13.9 Å². The highest BCUT2D eigenvalue weighted by molar-refractivity contribution is 6.00. The van der Waals surface area contributed by atoms with Crippen molar-refractivity contribution in [2.24, 2.45) is 17.1 Å². The lowest BCUT2D eigenvalue weighted by Gasteiger charge is -2.65. The van der Waals surface area contributed by atoms with Gasteiger partial charge in [-0.05, 0) is 31.9 Å². The summed E-state index contributed by atoms with van der Waals surface area (Å²) in [6.07, 6.45) is 1.83. The molecule has 1 aromatic carbocycles. The molecule has 3 atom stereocenters. The van der Waals surface area contributed by atoms with Crippen LogP contribution in [0.3, 0.4) is 0 Å². The van der Waals surface area contributed by atoms with Gasteiger partial charge in [-0.25, -0.2) is 4.39 Å². The smallest absolute Gasteiger partial charge is 0.245 e. The minimum atomic E-state index is -0.989. The summed E-state index contributed by atoms with van der Waals surface area (Å²) in [5, 5.41) is 2.82. The molecule has 4 nitrogen and oxygen atoms in total. The summed E-state index contributed by atoms with van der Waals surface area (Å²) in [5.74, 6) is -0.571. The van der Waals surface area contributed by atoms with Crippen LogP contribution in [0.1, 0.15) is 32.3 Å². The molecule has 0 bridgehead atoms. The van der Waals surface area contributed by atoms with Crippen LogP contribution in [0.4, 0.5) is 10.1 Å². The summed E-state index contributed by atoms with van der Waals surface area (Å²) in [6, 6.07) is 4.65. The Morgan fingerprint density at radius 1 is 1.45 bits per heavy atom. The molecule has 22 heavy (non-hydrogen) atoms. The summed E-state index contributed by atoms with van der Waals surface area (Å²) in [6.45, 7) is 6.31. The average molecular weight is 306 g/mol. The van der Waals surface area contributed by atoms with Crippen molar-refractivity contribution in [1.82, 2.24) is 0 Å². The van der Waals surface area contributed by atoms with Crippen LogP contribution in [0.2, 0.25) is 0 Å². The average Bonchev–Trinajstić information content (AvgIpc) is 2.50. The third-order valence-electron chi connectivity index (χ3n) is 5.58. The van der Waals surface area contributed by atoms with Crippen LogP contribution in [0.5, 0.6) is 0 Å². The predicted molar refractivity (Wildman–Crippen MR) is 82.9 cm³/mol. The summed E-state index contributed by atoms with van der Waals surface area (Å²) in [4.78, 5) is 12.8. The second kappa shape index (κ2) is 5.03. The molecule has 1 saturated heterocycles. The Kier molecular flexibility index (Phi) is 3.53. The molecule has 3 rings (SSSR count). The monoisotopic (exact) mass is 306 g/mol. The Morgan fingerprint density at radius 2 is 2.18 bits per heavy atom. The van der Waals surface area contributed by atoms with Crippen molar-refractivity contribution in [3.63, 3.8) is 0 Å². The molecule has 1 aliphatic heterocycles. The van der Waals surface area contributed by atoms with E-state index < -0.39 is 11.0 Å². The summed E-state index contributed by atoms with van der Waals surface area (Å²) in [5.41, 5.74) is 6.00. The van der Waals surface area contributed by atoms with E-state index in [1.54, 1.807) is 19.1 Å². The predicted octanol–water partition coefficient (Wildman–Crippen LogP) is 2.61. The van der Waals surface area contributed by atoms with E-state index in [0.29, 0.717) is 11.3 Å². The molecule has 0 aromatic heterocycles. The van der Waals surface area contributed by atoms with Gasteiger partial charge in [0.25, 0.3) is 0 Å². The van der Waals surface area contributed by atoms with E-state index in [1.165, 1.54) is 6.07 Å². The topological polar surface area (TPSA) is 64.4 Å². The number of amides is 1. The Morgan fingerprint density at radius 3 is 2.91 bits per heavy atom. The van der Waals surface area contributed by atoms with Gasteiger partial charge in [0.1, 0.15) is 11.4 Å². The van der Waals surface area contributed by atoms with Crippen LogP contribution in [0, 0.1) is 24.1 Å². The van der Waals surface area contributed by atoms with Gasteiger partial charge in [-0.2, -0.15) is 0 Å². The molecular formula is C17H23FN2O2. The molecule has 3 N–H and O–H groups in total. The van der Waals surface area contributed by atoms with E-state index in [2.05, 4.69) is 5.32 Å². The SMILES string of the molecule is Cc1c(F)cccc1NC(=O)C1(N)C2CCCOC2C1(C)C. The molecule has 2 fully saturated rings. The molecule has 0 spiro atoms. The first-order valence-corrected chi connectivity index (χ1v) is 7.77. The molecule has 120 valence electrons. The minimum Gasteiger partial charge on any atom is -0.377 e. The maximum absolute atomic E-state index is 13.6. The highest BCUT2D eigenvalue weighted by Gasteiger charge is 2.70. The van der Waals surface area contributed by atoms with E-state index in [1.807, 2.05) is 13.8 Å². The Hall–Kier alpha value is -1.46. The Bertz CT molecular complexity index is 617. The number of halogens is 1. The maximum atomic E-state index is 13.6. The van der Waals surface area contributed by atoms with E-state index in [4.69, 9.17) is 10.5 Å². The first kappa shape index (κ1) is 15.4. The molecular weight excluding hydrogens is 283 g/mol. The first-order chi connectivity index (χ1) is 10.3. The molecule has 1 aliphatic carbocycles. The summed E-state index contributed by atoms with van der Waals surface area (Å²) >= 11 is 0. The number of carbonyl (C=O) groups is 1. The van der Waals surface area contributed by atoms with Gasteiger partial charge < -0.3 is 15.8 Å². The quantitative estimate of drug-likeness (QED) is 0.883. The van der Waals surface area contributed by atoms with Gasteiger partial charge in [-0.1, -0.05) is 19.9 Å². The second-order valence-electron chi connectivity index (χ2n) is 7.00. The first-order valence-electron chi connectivity index (χ1n) is 7.77. The van der Waals surface area contributed by atoms with Gasteiger partial charge in [-0.3, -0.25) is 4.79 Å². The lowest BCUT2D eigenvalue weighted by atomic mass is 9.46. The van der Waals surface area contributed by atoms with Crippen molar-refractivity contribution in [1.29, 1.82) is 0 Å². The molecule has 1 heterocycles. The largest absolute Gasteiger partial charge is 0.377 e. The number of rotatable bonds is 2. The van der Waals surface area contributed by atoms with E-state index in [-0.39, 0.29) is 23.7 Å². The maximum Gasteiger partial charge on any atom is 0.245 e. The number of hydrogen-bond donors (Lipinski definition) is 2. The molecule has 3 unspecified atom stereocenters. The zero-order valence-corrected chi connectivity index (χ0v) is 13.3. The number of fused-ring (bicyclic) bond motifs is 1. The fraction of sp³-hybridized carbons (Fsp3) is 0.588. The second-order valence-corrected chi connectivity index (χ2v) is 7.00. The number of ether oxygens (including phenoxy) is 1. The lowest BCUT2D eigenvalue weighted by molar-refractivity contribution is -0.222. The number of nitrogens with two attached hydrogens (primary N) is 1. The summed E-state index contributed by atoms with van der Waals surface area (Å²) < 4.78 is 19.5. The van der Waals surface area contributed by atoms with E-state index in [9.17, 15) is 9.18 Å². The fourth-order valence-electron chi connectivity index (χ4n) is 4.01. The molecule has 0 radical (unpaired) electrons. The number of nitrogens with one attached hydrogen (secondary N) is 1. The van der Waals surface area contributed by atoms with Gasteiger partial charge in [0.05, 0.1) is 6.10 Å². The van der Waals surface area contributed by atoms with E-state index >= 15 is 0 Å². The van der Waals surface area contributed by atoms with Crippen molar-refractivity contribution >= 4 is 11.6 Å². The lowest BCUT2D eigenvalue weighted by Crippen LogP contribution is -2.81. The van der Waals surface area contributed by atoms with Crippen molar-refractivity contribution in [2.75, 3.05) is 11.9 Å². The third-order valence-corrected chi connectivity index (χ3v) is 5.58. The van der Waals surface area contributed by atoms with Gasteiger partial charge in [0.2, 0.25) is 5.91 Å². The van der Waals surface area contributed by atoms with Gasteiger partial charge in [0, 0.05) is 29.2 Å². The third kappa shape index (κ3) is 1.92. The number of benzene rings is 1. The van der Waals surface area contributed by atoms with Crippen LogP contribution in [-0.2, 0) is 9.53 Å². The molecule has 2 aliphatic rings. The molecule has 1 aromatic rings. The van der Waals surface area contributed by atoms with Gasteiger partial charge >= 0.3 is 0 Å². The Labute approximate surface area is 130 Å². The molecule has 1 amide bonds. The normalized spacial score (nSPS) is 32.8. The van der Waals surface area contributed by atoms with Crippen LogP contribution < -0.4 is 11.1 Å². The van der Waals surface area contributed by atoms with Crippen LogP contribution >= 0.6 is 0 Å². The summed E-state index contributed by atoms with van der Waals surface area (Å²) in [7, 11) is 0. The fourth-order valence-corrected chi connectivity index (χ4v) is 4.01. The minimum absolute atomic E-state index is 0.0186. The number of hydrogen-bond acceptors (Lipinski definition) is 3. The van der Waals surface area contributed by atoms with Crippen molar-refractivity contribution in [3.8, 4) is 0 Å². The standard InChI is InChI=1S/C17H23FN2O2/c1-10-12(18)7-4-8-13(10)20-15(21)17(19)11-6-5-9-22-14(11)16(17,2)3/h4,7-8,11,14H,5-6,9,19H2,1-3H3,(H,20,21). The van der Waals surface area contributed by atoms with Gasteiger partial charge in [0.15, 0.2) is 0 Å². The van der Waals surface area contributed by atoms with Crippen LogP contribution in [0.25, 0.3) is 0 Å². The zero-order valence-electron chi connectivity index (χ0n) is 13.3. The van der Waals surface area contributed by atoms with Gasteiger partial charge in [-0.15, -0.1) is 0 Å². The van der Waals surface area contributed by atoms with Crippen LogP contribution in [0.15, 0.2) is 18.2 Å². The van der Waals surface area contributed by atoms with Crippen LogP contribution in [-0.4, -0.2) is 24.2 Å². The van der Waals surface area contributed by atoms with E-state index in [0.717, 1.165) is 19.4 Å². The van der Waals surface area contributed by atoms with Crippen molar-refractivity contribution in [3.05, 3.63) is 29.6 Å². The number of anilines is 1. The molecule has 1 saturated carbocycles. The highest BCUT2D eigenvalue weighted by Crippen LogP contribution is 2.57. The zero-order chi connectivity index (χ0) is 16.1. The Balaban J connectivity index is 1.86. The molecule has 5 heteroatoms. The highest BCUT2D eigenvalue weighted by atomic mass is 19.1.